The summed E-state index contributed by atoms with van der Waals surface area (Å²) in [6.45, 7) is 0. The highest BCUT2D eigenvalue weighted by molar-refractivity contribution is 6.02. The van der Waals surface area contributed by atoms with E-state index in [-0.39, 0.29) is 17.9 Å². The van der Waals surface area contributed by atoms with E-state index >= 15 is 0 Å². The van der Waals surface area contributed by atoms with Crippen molar-refractivity contribution in [3.63, 3.8) is 0 Å². The van der Waals surface area contributed by atoms with E-state index in [0.29, 0.717) is 28.2 Å². The van der Waals surface area contributed by atoms with E-state index < -0.39 is 17.8 Å². The van der Waals surface area contributed by atoms with Crippen molar-refractivity contribution in [2.75, 3.05) is 21.3 Å². The molecule has 0 aromatic heterocycles. The van der Waals surface area contributed by atoms with Crippen LogP contribution in [0, 0.1) is 5.82 Å². The van der Waals surface area contributed by atoms with E-state index in [0.717, 1.165) is 25.7 Å². The van der Waals surface area contributed by atoms with Crippen LogP contribution in [-0.4, -0.2) is 44.0 Å². The molecule has 7 heteroatoms. The van der Waals surface area contributed by atoms with Gasteiger partial charge < -0.3 is 19.7 Å². The van der Waals surface area contributed by atoms with Gasteiger partial charge in [0.25, 0.3) is 5.91 Å². The number of carbonyl (C=O) groups excluding carboxylic acids is 2. The smallest absolute Gasteiger partial charge is 0.254 e. The molecule has 4 rings (SSSR count). The standard InChI is InChI=1S/C25H29FN2O4/c1-28-23(16-11-7-8-12-19(16)26)22(24(29)27-15-9-5-4-6-10-15)17-13-20(31-2)21(32-3)14-18(17)25(28)30/h7-8,11-15,22-23H,4-6,9-10H2,1-3H3,(H,27,29)/t22-,23+/m1/s1. The highest BCUT2D eigenvalue weighted by atomic mass is 19.1. The average Bonchev–Trinajstić information content (AvgIpc) is 2.81. The molecule has 0 radical (unpaired) electrons. The van der Waals surface area contributed by atoms with Crippen LogP contribution < -0.4 is 14.8 Å². The monoisotopic (exact) mass is 440 g/mol. The molecule has 0 unspecified atom stereocenters. The number of carbonyl (C=O) groups is 2. The lowest BCUT2D eigenvalue weighted by Crippen LogP contribution is -2.48. The number of amides is 2. The van der Waals surface area contributed by atoms with Gasteiger partial charge in [-0.05, 0) is 36.6 Å². The van der Waals surface area contributed by atoms with Gasteiger partial charge in [-0.25, -0.2) is 4.39 Å². The molecule has 1 aliphatic heterocycles. The van der Waals surface area contributed by atoms with Gasteiger partial charge in [-0.3, -0.25) is 9.59 Å². The van der Waals surface area contributed by atoms with E-state index in [4.69, 9.17) is 9.47 Å². The molecule has 170 valence electrons. The summed E-state index contributed by atoms with van der Waals surface area (Å²) in [5, 5.41) is 3.18. The summed E-state index contributed by atoms with van der Waals surface area (Å²) < 4.78 is 25.7. The Hall–Kier alpha value is -3.09. The second-order valence-corrected chi connectivity index (χ2v) is 8.50. The van der Waals surface area contributed by atoms with Crippen LogP contribution in [0.2, 0.25) is 0 Å². The van der Waals surface area contributed by atoms with Gasteiger partial charge in [0.1, 0.15) is 5.82 Å². The fraction of sp³-hybridized carbons (Fsp3) is 0.440. The molecule has 2 amide bonds. The van der Waals surface area contributed by atoms with E-state index in [1.165, 1.54) is 31.6 Å². The van der Waals surface area contributed by atoms with Gasteiger partial charge in [0, 0.05) is 24.2 Å². The van der Waals surface area contributed by atoms with Crippen LogP contribution in [0.4, 0.5) is 4.39 Å². The Labute approximate surface area is 187 Å². The molecular formula is C25H29FN2O4. The summed E-state index contributed by atoms with van der Waals surface area (Å²) >= 11 is 0. The minimum Gasteiger partial charge on any atom is -0.493 e. The summed E-state index contributed by atoms with van der Waals surface area (Å²) in [7, 11) is 4.61. The largest absolute Gasteiger partial charge is 0.493 e. The van der Waals surface area contributed by atoms with Crippen LogP contribution in [0.1, 0.15) is 65.5 Å². The van der Waals surface area contributed by atoms with Crippen LogP contribution in [0.5, 0.6) is 11.5 Å². The minimum absolute atomic E-state index is 0.0871. The molecule has 1 N–H and O–H groups in total. The molecule has 1 aliphatic carbocycles. The molecule has 6 nitrogen and oxygen atoms in total. The number of nitrogens with zero attached hydrogens (tertiary/aromatic N) is 1. The normalized spacial score (nSPS) is 21.1. The van der Waals surface area contributed by atoms with Crippen molar-refractivity contribution in [1.29, 1.82) is 0 Å². The van der Waals surface area contributed by atoms with Crippen LogP contribution in [0.25, 0.3) is 0 Å². The van der Waals surface area contributed by atoms with Gasteiger partial charge in [0.2, 0.25) is 5.91 Å². The van der Waals surface area contributed by atoms with Gasteiger partial charge in [-0.15, -0.1) is 0 Å². The zero-order chi connectivity index (χ0) is 22.8. The van der Waals surface area contributed by atoms with Crippen molar-refractivity contribution in [1.82, 2.24) is 10.2 Å². The van der Waals surface area contributed by atoms with Crippen molar-refractivity contribution in [3.05, 3.63) is 58.9 Å². The van der Waals surface area contributed by atoms with Crippen LogP contribution in [0.15, 0.2) is 36.4 Å². The Morgan fingerprint density at radius 2 is 1.69 bits per heavy atom. The SMILES string of the molecule is COc1cc2c(cc1OC)[C@@H](C(=O)NC1CCCCC1)[C@H](c1ccccc1F)N(C)C2=O. The fourth-order valence-electron chi connectivity index (χ4n) is 4.97. The molecule has 1 saturated carbocycles. The van der Waals surface area contributed by atoms with Gasteiger partial charge in [0.05, 0.1) is 26.2 Å². The molecule has 0 spiro atoms. The Morgan fingerprint density at radius 3 is 2.34 bits per heavy atom. The maximum Gasteiger partial charge on any atom is 0.254 e. The molecule has 2 aromatic carbocycles. The molecule has 32 heavy (non-hydrogen) atoms. The average molecular weight is 441 g/mol. The van der Waals surface area contributed by atoms with Crippen molar-refractivity contribution in [2.45, 2.75) is 50.1 Å². The predicted molar refractivity (Wildman–Crippen MR) is 119 cm³/mol. The number of ether oxygens (including phenoxy) is 2. The lowest BCUT2D eigenvalue weighted by Gasteiger charge is -2.40. The molecule has 2 aromatic rings. The first-order chi connectivity index (χ1) is 15.5. The summed E-state index contributed by atoms with van der Waals surface area (Å²) in [5.41, 5.74) is 1.20. The number of hydrogen-bond donors (Lipinski definition) is 1. The second-order valence-electron chi connectivity index (χ2n) is 8.50. The number of fused-ring (bicyclic) bond motifs is 1. The highest BCUT2D eigenvalue weighted by Gasteiger charge is 2.44. The van der Waals surface area contributed by atoms with Crippen molar-refractivity contribution < 1.29 is 23.5 Å². The van der Waals surface area contributed by atoms with E-state index in [2.05, 4.69) is 5.32 Å². The minimum atomic E-state index is -0.786. The lowest BCUT2D eigenvalue weighted by atomic mass is 9.78. The third-order valence-corrected chi connectivity index (χ3v) is 6.63. The number of methoxy groups -OCH3 is 2. The first-order valence-corrected chi connectivity index (χ1v) is 11.0. The Kier molecular flexibility index (Phi) is 6.35. The molecule has 1 fully saturated rings. The first-order valence-electron chi connectivity index (χ1n) is 11.0. The molecule has 0 saturated heterocycles. The highest BCUT2D eigenvalue weighted by Crippen LogP contribution is 2.46. The Bertz CT molecular complexity index is 1020. The first kappa shape index (κ1) is 22.1. The van der Waals surface area contributed by atoms with Gasteiger partial charge >= 0.3 is 0 Å². The van der Waals surface area contributed by atoms with Crippen molar-refractivity contribution >= 4 is 11.8 Å². The van der Waals surface area contributed by atoms with Crippen molar-refractivity contribution in [3.8, 4) is 11.5 Å². The maximum atomic E-state index is 14.9. The second kappa shape index (κ2) is 9.18. The van der Waals surface area contributed by atoms with E-state index in [1.807, 2.05) is 0 Å². The number of nitrogens with one attached hydrogen (secondary N) is 1. The van der Waals surface area contributed by atoms with Crippen LogP contribution >= 0.6 is 0 Å². The lowest BCUT2D eigenvalue weighted by molar-refractivity contribution is -0.125. The summed E-state index contributed by atoms with van der Waals surface area (Å²) in [4.78, 5) is 28.5. The van der Waals surface area contributed by atoms with E-state index in [9.17, 15) is 14.0 Å². The summed E-state index contributed by atoms with van der Waals surface area (Å²) in [6.07, 6.45) is 5.18. The Balaban J connectivity index is 1.85. The zero-order valence-corrected chi connectivity index (χ0v) is 18.7. The van der Waals surface area contributed by atoms with Crippen LogP contribution in [-0.2, 0) is 4.79 Å². The topological polar surface area (TPSA) is 67.9 Å². The van der Waals surface area contributed by atoms with Gasteiger partial charge in [0.15, 0.2) is 11.5 Å². The van der Waals surface area contributed by atoms with Gasteiger partial charge in [-0.2, -0.15) is 0 Å². The predicted octanol–water partition coefficient (Wildman–Crippen LogP) is 4.20. The number of halogens is 1. The molecule has 2 aliphatic rings. The van der Waals surface area contributed by atoms with Crippen molar-refractivity contribution in [2.24, 2.45) is 0 Å². The summed E-state index contributed by atoms with van der Waals surface area (Å²) in [5.74, 6) is -0.910. The van der Waals surface area contributed by atoms with Crippen LogP contribution in [0.3, 0.4) is 0 Å². The fourth-order valence-corrected chi connectivity index (χ4v) is 4.97. The molecule has 0 bridgehead atoms. The third kappa shape index (κ3) is 3.92. The maximum absolute atomic E-state index is 14.9. The molecule has 1 heterocycles. The number of likely N-dealkylation sites (N-methyl/N-ethyl adjacent to an activating group) is 1. The number of rotatable bonds is 5. The third-order valence-electron chi connectivity index (χ3n) is 6.63. The van der Waals surface area contributed by atoms with Gasteiger partial charge in [-0.1, -0.05) is 37.5 Å². The zero-order valence-electron chi connectivity index (χ0n) is 18.7. The number of benzene rings is 2. The quantitative estimate of drug-likeness (QED) is 0.757. The summed E-state index contributed by atoms with van der Waals surface area (Å²) in [6, 6.07) is 8.90. The molecule has 2 atom stereocenters. The molecular weight excluding hydrogens is 411 g/mol. The van der Waals surface area contributed by atoms with E-state index in [1.54, 1.807) is 37.4 Å². The number of hydrogen-bond acceptors (Lipinski definition) is 4. The Morgan fingerprint density at radius 1 is 1.03 bits per heavy atom.